The van der Waals surface area contributed by atoms with Crippen LogP contribution in [0, 0.1) is 13.8 Å². The van der Waals surface area contributed by atoms with Crippen LogP contribution in [0.25, 0.3) is 0 Å². The SMILES string of the molecule is CC[C@H](C)NC(=O)[C@H](Cc1ccccc1)N(Cc1ccc(C)cc1)C(=O)CN(c1cc(Cl)ccc1C)S(=O)(=O)c1ccccc1. The third-order valence-electron chi connectivity index (χ3n) is 7.80. The first-order valence-corrected chi connectivity index (χ1v) is 16.8. The molecule has 236 valence electrons. The molecule has 4 aromatic rings. The largest absolute Gasteiger partial charge is 0.352 e. The molecular weight excluding hydrogens is 606 g/mol. The van der Waals surface area contributed by atoms with Crippen LogP contribution in [-0.2, 0) is 32.6 Å². The van der Waals surface area contributed by atoms with Gasteiger partial charge in [0.15, 0.2) is 0 Å². The molecule has 0 fully saturated rings. The smallest absolute Gasteiger partial charge is 0.264 e. The number of halogens is 1. The van der Waals surface area contributed by atoms with E-state index in [4.69, 9.17) is 11.6 Å². The van der Waals surface area contributed by atoms with Crippen molar-refractivity contribution in [2.24, 2.45) is 0 Å². The van der Waals surface area contributed by atoms with Gasteiger partial charge in [0.2, 0.25) is 11.8 Å². The van der Waals surface area contributed by atoms with E-state index in [0.29, 0.717) is 22.7 Å². The number of amides is 2. The van der Waals surface area contributed by atoms with Gasteiger partial charge in [-0.1, -0.05) is 103 Å². The maximum absolute atomic E-state index is 14.6. The third kappa shape index (κ3) is 8.74. The first kappa shape index (κ1) is 33.7. The van der Waals surface area contributed by atoms with Crippen molar-refractivity contribution in [2.75, 3.05) is 10.8 Å². The molecule has 0 saturated carbocycles. The number of nitrogens with zero attached hydrogens (tertiary/aromatic N) is 2. The van der Waals surface area contributed by atoms with E-state index in [1.54, 1.807) is 43.3 Å². The maximum Gasteiger partial charge on any atom is 0.264 e. The number of nitrogens with one attached hydrogen (secondary N) is 1. The molecule has 7 nitrogen and oxygen atoms in total. The van der Waals surface area contributed by atoms with E-state index in [0.717, 1.165) is 21.0 Å². The molecule has 0 aliphatic heterocycles. The molecule has 0 bridgehead atoms. The Labute approximate surface area is 271 Å². The van der Waals surface area contributed by atoms with E-state index >= 15 is 0 Å². The Balaban J connectivity index is 1.83. The minimum atomic E-state index is -4.20. The number of rotatable bonds is 13. The van der Waals surface area contributed by atoms with Crippen LogP contribution >= 0.6 is 11.6 Å². The number of aryl methyl sites for hydroxylation is 2. The summed E-state index contributed by atoms with van der Waals surface area (Å²) in [5.41, 5.74) is 3.68. The second-order valence-corrected chi connectivity index (χ2v) is 13.6. The van der Waals surface area contributed by atoms with Crippen molar-refractivity contribution >= 4 is 39.1 Å². The zero-order valence-corrected chi connectivity index (χ0v) is 27.7. The molecule has 0 aliphatic carbocycles. The molecule has 9 heteroatoms. The molecule has 0 spiro atoms. The summed E-state index contributed by atoms with van der Waals surface area (Å²) in [4.78, 5) is 30.0. The summed E-state index contributed by atoms with van der Waals surface area (Å²) in [7, 11) is -4.20. The number of hydrogen-bond donors (Lipinski definition) is 1. The van der Waals surface area contributed by atoms with Gasteiger partial charge in [0, 0.05) is 24.0 Å². The van der Waals surface area contributed by atoms with E-state index in [1.807, 2.05) is 75.4 Å². The molecule has 0 aliphatic rings. The van der Waals surface area contributed by atoms with Crippen LogP contribution in [0.4, 0.5) is 5.69 Å². The van der Waals surface area contributed by atoms with E-state index in [1.165, 1.54) is 17.0 Å². The molecule has 0 unspecified atom stereocenters. The summed E-state index contributed by atoms with van der Waals surface area (Å²) in [6, 6.07) is 29.2. The van der Waals surface area contributed by atoms with Crippen molar-refractivity contribution < 1.29 is 18.0 Å². The number of carbonyl (C=O) groups is 2. The van der Waals surface area contributed by atoms with Gasteiger partial charge in [0.1, 0.15) is 12.6 Å². The van der Waals surface area contributed by atoms with Crippen LogP contribution in [-0.4, -0.2) is 43.8 Å². The van der Waals surface area contributed by atoms with Crippen LogP contribution < -0.4 is 9.62 Å². The molecule has 0 heterocycles. The summed E-state index contributed by atoms with van der Waals surface area (Å²) < 4.78 is 29.4. The highest BCUT2D eigenvalue weighted by Gasteiger charge is 2.35. The fourth-order valence-electron chi connectivity index (χ4n) is 4.97. The maximum atomic E-state index is 14.6. The summed E-state index contributed by atoms with van der Waals surface area (Å²) in [6.07, 6.45) is 0.967. The predicted octanol–water partition coefficient (Wildman–Crippen LogP) is 6.71. The lowest BCUT2D eigenvalue weighted by atomic mass is 10.0. The molecular formula is C36H40ClN3O4S. The molecule has 0 aromatic heterocycles. The van der Waals surface area contributed by atoms with Crippen LogP contribution in [0.15, 0.2) is 108 Å². The van der Waals surface area contributed by atoms with Gasteiger partial charge in [-0.15, -0.1) is 0 Å². The van der Waals surface area contributed by atoms with Crippen molar-refractivity contribution in [1.29, 1.82) is 0 Å². The fourth-order valence-corrected chi connectivity index (χ4v) is 6.63. The Hall–Kier alpha value is -4.14. The van der Waals surface area contributed by atoms with Crippen molar-refractivity contribution in [3.63, 3.8) is 0 Å². The molecule has 4 aromatic carbocycles. The second-order valence-electron chi connectivity index (χ2n) is 11.3. The van der Waals surface area contributed by atoms with Crippen molar-refractivity contribution in [1.82, 2.24) is 10.2 Å². The van der Waals surface area contributed by atoms with Gasteiger partial charge in [-0.05, 0) is 68.1 Å². The molecule has 45 heavy (non-hydrogen) atoms. The lowest BCUT2D eigenvalue weighted by Crippen LogP contribution is -2.54. The predicted molar refractivity (Wildman–Crippen MR) is 181 cm³/mol. The van der Waals surface area contributed by atoms with Gasteiger partial charge in [0.05, 0.1) is 10.6 Å². The van der Waals surface area contributed by atoms with Crippen molar-refractivity contribution in [3.8, 4) is 0 Å². The number of sulfonamides is 1. The number of anilines is 1. The van der Waals surface area contributed by atoms with E-state index in [2.05, 4.69) is 5.32 Å². The Morgan fingerprint density at radius 3 is 2.09 bits per heavy atom. The van der Waals surface area contributed by atoms with Crippen LogP contribution in [0.2, 0.25) is 5.02 Å². The van der Waals surface area contributed by atoms with Crippen LogP contribution in [0.1, 0.15) is 42.5 Å². The second kappa shape index (κ2) is 15.2. The zero-order chi connectivity index (χ0) is 32.6. The van der Waals surface area contributed by atoms with E-state index in [-0.39, 0.29) is 29.8 Å². The normalized spacial score (nSPS) is 12.6. The average Bonchev–Trinajstić information content (AvgIpc) is 3.04. The molecule has 2 atom stereocenters. The monoisotopic (exact) mass is 645 g/mol. The van der Waals surface area contributed by atoms with Gasteiger partial charge in [-0.2, -0.15) is 0 Å². The van der Waals surface area contributed by atoms with Gasteiger partial charge < -0.3 is 10.2 Å². The first-order chi connectivity index (χ1) is 21.5. The van der Waals surface area contributed by atoms with Gasteiger partial charge in [0.25, 0.3) is 10.0 Å². The highest BCUT2D eigenvalue weighted by molar-refractivity contribution is 7.92. The van der Waals surface area contributed by atoms with Crippen molar-refractivity contribution in [3.05, 3.63) is 130 Å². The third-order valence-corrected chi connectivity index (χ3v) is 9.80. The molecule has 1 N–H and O–H groups in total. The highest BCUT2D eigenvalue weighted by Crippen LogP contribution is 2.30. The first-order valence-electron chi connectivity index (χ1n) is 15.0. The summed E-state index contributed by atoms with van der Waals surface area (Å²) in [6.45, 7) is 7.21. The Bertz CT molecular complexity index is 1700. The number of carbonyl (C=O) groups excluding carboxylic acids is 2. The molecule has 0 radical (unpaired) electrons. The number of benzene rings is 4. The fraction of sp³-hybridized carbons (Fsp3) is 0.278. The number of hydrogen-bond acceptors (Lipinski definition) is 4. The Kier molecular flexibility index (Phi) is 11.4. The van der Waals surface area contributed by atoms with Gasteiger partial charge in [-0.3, -0.25) is 13.9 Å². The van der Waals surface area contributed by atoms with Crippen molar-refractivity contribution in [2.45, 2.75) is 64.1 Å². The Morgan fingerprint density at radius 1 is 0.844 bits per heavy atom. The van der Waals surface area contributed by atoms with Gasteiger partial charge >= 0.3 is 0 Å². The molecule has 0 saturated heterocycles. The zero-order valence-electron chi connectivity index (χ0n) is 26.1. The lowest BCUT2D eigenvalue weighted by molar-refractivity contribution is -0.140. The lowest BCUT2D eigenvalue weighted by Gasteiger charge is -2.34. The highest BCUT2D eigenvalue weighted by atomic mass is 35.5. The average molecular weight is 646 g/mol. The van der Waals surface area contributed by atoms with E-state index < -0.39 is 28.5 Å². The van der Waals surface area contributed by atoms with E-state index in [9.17, 15) is 18.0 Å². The molecule has 2 amide bonds. The van der Waals surface area contributed by atoms with Crippen LogP contribution in [0.5, 0.6) is 0 Å². The summed E-state index contributed by atoms with van der Waals surface area (Å²) in [5, 5.41) is 3.39. The minimum absolute atomic E-state index is 0.0395. The van der Waals surface area contributed by atoms with Gasteiger partial charge in [-0.25, -0.2) is 8.42 Å². The minimum Gasteiger partial charge on any atom is -0.352 e. The quantitative estimate of drug-likeness (QED) is 0.175. The standard InChI is InChI=1S/C36H40ClN3O4S/c1-5-28(4)38-36(42)34(22-29-12-8-6-9-13-29)39(24-30-19-16-26(2)17-20-30)35(41)25-40(33-23-31(37)21-18-27(33)3)45(43,44)32-14-10-7-11-15-32/h6-21,23,28,34H,5,22,24-25H2,1-4H3,(H,38,42)/t28-,34-/m0/s1. The summed E-state index contributed by atoms with van der Waals surface area (Å²) in [5.74, 6) is -0.820. The topological polar surface area (TPSA) is 86.8 Å². The Morgan fingerprint density at radius 2 is 1.47 bits per heavy atom. The van der Waals surface area contributed by atoms with Crippen LogP contribution in [0.3, 0.4) is 0 Å². The molecule has 4 rings (SSSR count). The summed E-state index contributed by atoms with van der Waals surface area (Å²) >= 11 is 6.35.